The number of fused-ring (bicyclic) bond motifs is 3. The van der Waals surface area contributed by atoms with Gasteiger partial charge in [-0.25, -0.2) is 20.1 Å². The lowest BCUT2D eigenvalue weighted by Gasteiger charge is -2.40. The van der Waals surface area contributed by atoms with Gasteiger partial charge in [-0.2, -0.15) is 9.97 Å². The third-order valence-corrected chi connectivity index (χ3v) is 11.0. The molecule has 268 valence electrons. The summed E-state index contributed by atoms with van der Waals surface area (Å²) in [6.45, 7) is 17.5. The zero-order valence-corrected chi connectivity index (χ0v) is 30.1. The van der Waals surface area contributed by atoms with E-state index in [2.05, 4.69) is 26.6 Å². The summed E-state index contributed by atoms with van der Waals surface area (Å²) in [6, 6.07) is 7.78. The topological polar surface area (TPSA) is 88.3 Å². The highest BCUT2D eigenvalue weighted by Crippen LogP contribution is 2.45. The predicted molar refractivity (Wildman–Crippen MR) is 193 cm³/mol. The number of anilines is 1. The van der Waals surface area contributed by atoms with Gasteiger partial charge in [0.2, 0.25) is 6.54 Å². The van der Waals surface area contributed by atoms with Crippen molar-refractivity contribution in [3.05, 3.63) is 64.6 Å². The van der Waals surface area contributed by atoms with Gasteiger partial charge in [-0.3, -0.25) is 14.8 Å². The van der Waals surface area contributed by atoms with Crippen molar-refractivity contribution < 1.29 is 23.0 Å². The van der Waals surface area contributed by atoms with E-state index in [4.69, 9.17) is 32.6 Å². The maximum Gasteiger partial charge on any atom is 0.410 e. The number of pyridine rings is 1. The van der Waals surface area contributed by atoms with Crippen molar-refractivity contribution in [3.63, 3.8) is 0 Å². The Bertz CT molecular complexity index is 2040. The highest BCUT2D eigenvalue weighted by atomic mass is 35.5. The van der Waals surface area contributed by atoms with Crippen molar-refractivity contribution in [3.8, 4) is 17.3 Å². The summed E-state index contributed by atoms with van der Waals surface area (Å²) in [4.78, 5) is 36.8. The summed E-state index contributed by atoms with van der Waals surface area (Å²) in [5, 5.41) is 1.22. The SMILES string of the molecule is [C-]#[N+]C[C@H]1CN(c2nc(OCC3CCC4(CC)CCCN34)nc3c(F)c(-c4cccc5ccc(F)c(Cl)c45)ncc23)CCN1C(=O)OC(C)(C)C. The first kappa shape index (κ1) is 35.1. The van der Waals surface area contributed by atoms with Gasteiger partial charge < -0.3 is 19.2 Å². The zero-order chi connectivity index (χ0) is 36.1. The second-order valence-electron chi connectivity index (χ2n) is 14.8. The molecule has 2 unspecified atom stereocenters. The molecular formula is C38H42ClF2N7O3. The van der Waals surface area contributed by atoms with Crippen LogP contribution in [0.15, 0.2) is 36.5 Å². The van der Waals surface area contributed by atoms with Crippen molar-refractivity contribution in [2.24, 2.45) is 0 Å². The summed E-state index contributed by atoms with van der Waals surface area (Å²) < 4.78 is 43.5. The second kappa shape index (κ2) is 13.7. The third-order valence-electron chi connectivity index (χ3n) is 10.6. The van der Waals surface area contributed by atoms with Crippen molar-refractivity contribution in [1.82, 2.24) is 24.8 Å². The number of halogens is 3. The van der Waals surface area contributed by atoms with E-state index in [0.717, 1.165) is 32.2 Å². The number of carbonyl (C=O) groups is 1. The quantitative estimate of drug-likeness (QED) is 0.178. The average Bonchev–Trinajstić information content (AvgIpc) is 3.68. The van der Waals surface area contributed by atoms with E-state index >= 15 is 4.39 Å². The largest absolute Gasteiger partial charge is 0.462 e. The van der Waals surface area contributed by atoms with Gasteiger partial charge in [-0.15, -0.1) is 0 Å². The second-order valence-corrected chi connectivity index (χ2v) is 15.1. The van der Waals surface area contributed by atoms with Gasteiger partial charge in [-0.05, 0) is 70.9 Å². The molecule has 10 nitrogen and oxygen atoms in total. The Morgan fingerprint density at radius 1 is 1.12 bits per heavy atom. The van der Waals surface area contributed by atoms with E-state index in [-0.39, 0.29) is 53.5 Å². The predicted octanol–water partition coefficient (Wildman–Crippen LogP) is 7.91. The minimum Gasteiger partial charge on any atom is -0.462 e. The maximum absolute atomic E-state index is 16.9. The Balaban J connectivity index is 1.29. The number of carbonyl (C=O) groups excluding carboxylic acids is 1. The van der Waals surface area contributed by atoms with Crippen LogP contribution in [0.3, 0.4) is 0 Å². The van der Waals surface area contributed by atoms with Crippen LogP contribution >= 0.6 is 11.6 Å². The first-order valence-electron chi connectivity index (χ1n) is 17.6. The van der Waals surface area contributed by atoms with E-state index in [9.17, 15) is 9.18 Å². The number of piperazine rings is 1. The smallest absolute Gasteiger partial charge is 0.410 e. The molecule has 0 N–H and O–H groups in total. The van der Waals surface area contributed by atoms with Gasteiger partial charge in [0.25, 0.3) is 0 Å². The number of rotatable bonds is 7. The van der Waals surface area contributed by atoms with Crippen LogP contribution in [0.5, 0.6) is 6.01 Å². The van der Waals surface area contributed by atoms with Crippen LogP contribution in [0.25, 0.3) is 37.8 Å². The van der Waals surface area contributed by atoms with E-state index in [1.165, 1.54) is 18.7 Å². The Labute approximate surface area is 301 Å². The lowest BCUT2D eigenvalue weighted by molar-refractivity contribution is 0.0155. The number of hydrogen-bond donors (Lipinski definition) is 0. The third kappa shape index (κ3) is 6.51. The molecule has 2 aromatic carbocycles. The summed E-state index contributed by atoms with van der Waals surface area (Å²) in [7, 11) is 0. The molecule has 13 heteroatoms. The molecule has 3 saturated heterocycles. The van der Waals surface area contributed by atoms with Crippen LogP contribution in [0.1, 0.15) is 59.8 Å². The fraction of sp³-hybridized carbons (Fsp3) is 0.500. The van der Waals surface area contributed by atoms with Gasteiger partial charge >= 0.3 is 12.1 Å². The molecule has 0 bridgehead atoms. The van der Waals surface area contributed by atoms with Crippen molar-refractivity contribution in [2.45, 2.75) is 83.0 Å². The molecule has 1 amide bonds. The van der Waals surface area contributed by atoms with E-state index in [1.807, 2.05) is 4.90 Å². The monoisotopic (exact) mass is 717 g/mol. The minimum atomic E-state index is -0.718. The average molecular weight is 718 g/mol. The maximum atomic E-state index is 16.9. The highest BCUT2D eigenvalue weighted by Gasteiger charge is 2.48. The van der Waals surface area contributed by atoms with Gasteiger partial charge in [0.1, 0.15) is 41.1 Å². The fourth-order valence-electron chi connectivity index (χ4n) is 8.18. The molecule has 0 aliphatic carbocycles. The van der Waals surface area contributed by atoms with E-state index < -0.39 is 29.4 Å². The lowest BCUT2D eigenvalue weighted by atomic mass is 9.91. The molecule has 0 spiro atoms. The fourth-order valence-corrected chi connectivity index (χ4v) is 8.46. The summed E-state index contributed by atoms with van der Waals surface area (Å²) in [6.07, 6.45) is 6.57. The van der Waals surface area contributed by atoms with Gasteiger partial charge in [0, 0.05) is 48.4 Å². The molecule has 3 atom stereocenters. The van der Waals surface area contributed by atoms with Gasteiger partial charge in [-0.1, -0.05) is 42.8 Å². The molecule has 2 aromatic heterocycles. The Morgan fingerprint density at radius 2 is 1.94 bits per heavy atom. The van der Waals surface area contributed by atoms with E-state index in [1.54, 1.807) is 49.9 Å². The van der Waals surface area contributed by atoms with Crippen LogP contribution < -0.4 is 9.64 Å². The lowest BCUT2D eigenvalue weighted by Crippen LogP contribution is -2.57. The summed E-state index contributed by atoms with van der Waals surface area (Å²) in [5.74, 6) is -0.941. The van der Waals surface area contributed by atoms with Crippen LogP contribution in [-0.2, 0) is 4.74 Å². The number of aromatic nitrogens is 3. The number of amides is 1. The number of benzene rings is 2. The first-order chi connectivity index (χ1) is 24.4. The molecule has 3 aliphatic heterocycles. The molecular weight excluding hydrogens is 676 g/mol. The molecule has 4 aromatic rings. The van der Waals surface area contributed by atoms with Crippen LogP contribution in [0.2, 0.25) is 5.02 Å². The van der Waals surface area contributed by atoms with Crippen molar-refractivity contribution >= 4 is 45.2 Å². The molecule has 0 saturated carbocycles. The highest BCUT2D eigenvalue weighted by molar-refractivity contribution is 6.36. The summed E-state index contributed by atoms with van der Waals surface area (Å²) in [5.41, 5.74) is -0.189. The van der Waals surface area contributed by atoms with Crippen LogP contribution in [-0.4, -0.2) is 93.4 Å². The van der Waals surface area contributed by atoms with E-state index in [0.29, 0.717) is 40.7 Å². The normalized spacial score (nSPS) is 22.4. The number of hydrogen-bond acceptors (Lipinski definition) is 8. The first-order valence-corrected chi connectivity index (χ1v) is 18.0. The Hall–Kier alpha value is -4.34. The van der Waals surface area contributed by atoms with Crippen molar-refractivity contribution in [2.75, 3.05) is 44.2 Å². The van der Waals surface area contributed by atoms with Gasteiger partial charge in [0.05, 0.1) is 10.4 Å². The summed E-state index contributed by atoms with van der Waals surface area (Å²) >= 11 is 6.44. The van der Waals surface area contributed by atoms with Gasteiger partial charge in [0.15, 0.2) is 5.82 Å². The Kier molecular flexibility index (Phi) is 9.39. The molecule has 51 heavy (non-hydrogen) atoms. The number of nitrogens with zero attached hydrogens (tertiary/aromatic N) is 7. The zero-order valence-electron chi connectivity index (χ0n) is 29.4. The standard InChI is InChI=1S/C38H42ClF2N7O3/c1-6-38-14-8-16-48(38)24(13-15-38)22-50-35-44-33-27(20-43-32(31(33)41)26-10-7-9-23-11-12-28(40)30(39)29(23)26)34(45-35)46-17-18-47(25(21-46)19-42-5)36(49)51-37(2,3)4/h7,9-12,20,24-25H,6,8,13-19,21-22H2,1-4H3/t24?,25-,38?/m0/s1. The minimum absolute atomic E-state index is 0.00340. The molecule has 0 radical (unpaired) electrons. The van der Waals surface area contributed by atoms with Crippen LogP contribution in [0.4, 0.5) is 19.4 Å². The molecule has 3 fully saturated rings. The Morgan fingerprint density at radius 3 is 2.71 bits per heavy atom. The molecule has 5 heterocycles. The molecule has 7 rings (SSSR count). The van der Waals surface area contributed by atoms with Crippen molar-refractivity contribution in [1.29, 1.82) is 0 Å². The molecule has 3 aliphatic rings. The van der Waals surface area contributed by atoms with Crippen LogP contribution in [0, 0.1) is 18.2 Å². The number of ether oxygens (including phenoxy) is 2.